The standard InChI is InChI=1S/C20H27N3O/c21-14-17-7-3-4-8-18(17)15-23-11-9-19(10-12-23)22-20(24)13-16-5-1-2-6-16/h3-4,7-8,16,19H,1-2,5-6,9-13,15H2,(H,22,24). The van der Waals surface area contributed by atoms with Crippen LogP contribution in [-0.4, -0.2) is 29.9 Å². The topological polar surface area (TPSA) is 56.1 Å². The number of rotatable bonds is 5. The molecule has 1 saturated carbocycles. The zero-order valence-corrected chi connectivity index (χ0v) is 14.3. The average Bonchev–Trinajstić information content (AvgIpc) is 3.10. The van der Waals surface area contributed by atoms with E-state index in [1.807, 2.05) is 24.3 Å². The first-order valence-electron chi connectivity index (χ1n) is 9.24. The van der Waals surface area contributed by atoms with Crippen LogP contribution in [-0.2, 0) is 11.3 Å². The molecule has 0 atom stereocenters. The van der Waals surface area contributed by atoms with Gasteiger partial charge in [0.15, 0.2) is 0 Å². The van der Waals surface area contributed by atoms with E-state index in [2.05, 4.69) is 16.3 Å². The van der Waals surface area contributed by atoms with E-state index < -0.39 is 0 Å². The molecule has 1 heterocycles. The van der Waals surface area contributed by atoms with Gasteiger partial charge in [0.05, 0.1) is 11.6 Å². The van der Waals surface area contributed by atoms with Gasteiger partial charge in [-0.3, -0.25) is 9.69 Å². The lowest BCUT2D eigenvalue weighted by atomic mass is 10.0. The lowest BCUT2D eigenvalue weighted by Gasteiger charge is -2.32. The van der Waals surface area contributed by atoms with Crippen LogP contribution in [0.15, 0.2) is 24.3 Å². The molecule has 1 aromatic carbocycles. The summed E-state index contributed by atoms with van der Waals surface area (Å²) in [6, 6.07) is 10.4. The van der Waals surface area contributed by atoms with Gasteiger partial charge in [0.1, 0.15) is 0 Å². The van der Waals surface area contributed by atoms with Crippen molar-refractivity contribution >= 4 is 5.91 Å². The van der Waals surface area contributed by atoms with Crippen molar-refractivity contribution in [3.63, 3.8) is 0 Å². The summed E-state index contributed by atoms with van der Waals surface area (Å²) >= 11 is 0. The zero-order chi connectivity index (χ0) is 16.8. The molecule has 0 aromatic heterocycles. The quantitative estimate of drug-likeness (QED) is 0.904. The third-order valence-corrected chi connectivity index (χ3v) is 5.43. The minimum absolute atomic E-state index is 0.246. The number of likely N-dealkylation sites (tertiary alicyclic amines) is 1. The third-order valence-electron chi connectivity index (χ3n) is 5.43. The Balaban J connectivity index is 1.42. The van der Waals surface area contributed by atoms with Crippen molar-refractivity contribution in [1.82, 2.24) is 10.2 Å². The molecule has 2 aliphatic rings. The van der Waals surface area contributed by atoms with Gasteiger partial charge in [0.25, 0.3) is 0 Å². The Bertz CT molecular complexity index is 593. The number of nitrogens with one attached hydrogen (secondary N) is 1. The second-order valence-electron chi connectivity index (χ2n) is 7.24. The van der Waals surface area contributed by atoms with Gasteiger partial charge in [-0.25, -0.2) is 0 Å². The molecule has 0 bridgehead atoms. The van der Waals surface area contributed by atoms with E-state index in [1.54, 1.807) is 0 Å². The van der Waals surface area contributed by atoms with E-state index in [1.165, 1.54) is 25.7 Å². The highest BCUT2D eigenvalue weighted by atomic mass is 16.1. The molecule has 1 N–H and O–H groups in total. The summed E-state index contributed by atoms with van der Waals surface area (Å²) in [7, 11) is 0. The molecule has 1 aliphatic carbocycles. The van der Waals surface area contributed by atoms with Crippen LogP contribution in [0.1, 0.15) is 56.1 Å². The fourth-order valence-corrected chi connectivity index (χ4v) is 4.01. The lowest BCUT2D eigenvalue weighted by molar-refractivity contribution is -0.123. The summed E-state index contributed by atoms with van der Waals surface area (Å²) in [5, 5.41) is 12.4. The van der Waals surface area contributed by atoms with Gasteiger partial charge < -0.3 is 5.32 Å². The van der Waals surface area contributed by atoms with Crippen molar-refractivity contribution < 1.29 is 4.79 Å². The van der Waals surface area contributed by atoms with Gasteiger partial charge in [0, 0.05) is 32.1 Å². The van der Waals surface area contributed by atoms with Crippen LogP contribution in [0.4, 0.5) is 0 Å². The van der Waals surface area contributed by atoms with Gasteiger partial charge in [-0.2, -0.15) is 5.26 Å². The van der Waals surface area contributed by atoms with Crippen LogP contribution < -0.4 is 5.32 Å². The SMILES string of the molecule is N#Cc1ccccc1CN1CCC(NC(=O)CC2CCCC2)CC1. The van der Waals surface area contributed by atoms with Crippen molar-refractivity contribution in [3.8, 4) is 6.07 Å². The number of carbonyl (C=O) groups excluding carboxylic acids is 1. The molecule has 0 spiro atoms. The summed E-state index contributed by atoms with van der Waals surface area (Å²) < 4.78 is 0. The predicted octanol–water partition coefficient (Wildman–Crippen LogP) is 3.22. The highest BCUT2D eigenvalue weighted by molar-refractivity contribution is 5.76. The first-order chi connectivity index (χ1) is 11.7. The Morgan fingerprint density at radius 1 is 1.17 bits per heavy atom. The maximum absolute atomic E-state index is 12.2. The first kappa shape index (κ1) is 17.0. The fraction of sp³-hybridized carbons (Fsp3) is 0.600. The molecule has 0 radical (unpaired) electrons. The molecule has 0 unspecified atom stereocenters. The largest absolute Gasteiger partial charge is 0.353 e. The predicted molar refractivity (Wildman–Crippen MR) is 94.2 cm³/mol. The smallest absolute Gasteiger partial charge is 0.220 e. The highest BCUT2D eigenvalue weighted by Gasteiger charge is 2.23. The molecular weight excluding hydrogens is 298 g/mol. The Labute approximate surface area is 144 Å². The van der Waals surface area contributed by atoms with Crippen LogP contribution in [0.5, 0.6) is 0 Å². The lowest BCUT2D eigenvalue weighted by Crippen LogP contribution is -2.44. The van der Waals surface area contributed by atoms with Gasteiger partial charge >= 0.3 is 0 Å². The number of amides is 1. The molecular formula is C20H27N3O. The molecule has 4 nitrogen and oxygen atoms in total. The molecule has 24 heavy (non-hydrogen) atoms. The Hall–Kier alpha value is -1.86. The van der Waals surface area contributed by atoms with E-state index in [-0.39, 0.29) is 5.91 Å². The number of hydrogen-bond donors (Lipinski definition) is 1. The maximum Gasteiger partial charge on any atom is 0.220 e. The normalized spacial score (nSPS) is 20.0. The Morgan fingerprint density at radius 2 is 1.88 bits per heavy atom. The molecule has 1 aliphatic heterocycles. The number of nitrogens with zero attached hydrogens (tertiary/aromatic N) is 2. The monoisotopic (exact) mass is 325 g/mol. The van der Waals surface area contributed by atoms with E-state index in [0.29, 0.717) is 12.0 Å². The number of piperidine rings is 1. The Kier molecular flexibility index (Phi) is 5.87. The van der Waals surface area contributed by atoms with E-state index in [9.17, 15) is 10.1 Å². The van der Waals surface area contributed by atoms with Crippen LogP contribution in [0.2, 0.25) is 0 Å². The van der Waals surface area contributed by atoms with Crippen molar-refractivity contribution in [3.05, 3.63) is 35.4 Å². The second-order valence-corrected chi connectivity index (χ2v) is 7.24. The van der Waals surface area contributed by atoms with Crippen molar-refractivity contribution in [2.45, 2.75) is 57.5 Å². The minimum Gasteiger partial charge on any atom is -0.353 e. The second kappa shape index (κ2) is 8.30. The molecule has 1 saturated heterocycles. The average molecular weight is 325 g/mol. The first-order valence-corrected chi connectivity index (χ1v) is 9.24. The van der Waals surface area contributed by atoms with Gasteiger partial charge in [-0.05, 0) is 43.2 Å². The molecule has 1 amide bonds. The number of nitriles is 1. The summed E-state index contributed by atoms with van der Waals surface area (Å²) in [4.78, 5) is 14.5. The van der Waals surface area contributed by atoms with Crippen LogP contribution in [0.25, 0.3) is 0 Å². The van der Waals surface area contributed by atoms with E-state index in [4.69, 9.17) is 0 Å². The van der Waals surface area contributed by atoms with Crippen molar-refractivity contribution in [2.75, 3.05) is 13.1 Å². The minimum atomic E-state index is 0.246. The summed E-state index contributed by atoms with van der Waals surface area (Å²) in [5.41, 5.74) is 1.87. The van der Waals surface area contributed by atoms with Crippen LogP contribution in [0.3, 0.4) is 0 Å². The van der Waals surface area contributed by atoms with Gasteiger partial charge in [-0.15, -0.1) is 0 Å². The number of hydrogen-bond acceptors (Lipinski definition) is 3. The fourth-order valence-electron chi connectivity index (χ4n) is 4.01. The molecule has 2 fully saturated rings. The highest BCUT2D eigenvalue weighted by Crippen LogP contribution is 2.27. The molecule has 4 heteroatoms. The Morgan fingerprint density at radius 3 is 2.58 bits per heavy atom. The third kappa shape index (κ3) is 4.58. The molecule has 128 valence electrons. The number of benzene rings is 1. The van der Waals surface area contributed by atoms with E-state index in [0.717, 1.165) is 50.0 Å². The van der Waals surface area contributed by atoms with Crippen molar-refractivity contribution in [2.24, 2.45) is 5.92 Å². The summed E-state index contributed by atoms with van der Waals surface area (Å²) in [5.74, 6) is 0.864. The van der Waals surface area contributed by atoms with Crippen LogP contribution in [0, 0.1) is 17.2 Å². The summed E-state index contributed by atoms with van der Waals surface area (Å²) in [6.07, 6.45) is 7.77. The molecule has 1 aromatic rings. The van der Waals surface area contributed by atoms with Gasteiger partial charge in [-0.1, -0.05) is 31.0 Å². The van der Waals surface area contributed by atoms with Gasteiger partial charge in [0.2, 0.25) is 5.91 Å². The van der Waals surface area contributed by atoms with E-state index >= 15 is 0 Å². The maximum atomic E-state index is 12.2. The zero-order valence-electron chi connectivity index (χ0n) is 14.3. The summed E-state index contributed by atoms with van der Waals surface area (Å²) in [6.45, 7) is 2.79. The number of carbonyl (C=O) groups is 1. The van der Waals surface area contributed by atoms with Crippen molar-refractivity contribution in [1.29, 1.82) is 5.26 Å². The molecule has 3 rings (SSSR count). The van der Waals surface area contributed by atoms with Crippen LogP contribution >= 0.6 is 0 Å².